The highest BCUT2D eigenvalue weighted by Crippen LogP contribution is 2.26. The molecule has 0 fully saturated rings. The van der Waals surface area contributed by atoms with Crippen molar-refractivity contribution in [3.05, 3.63) is 33.5 Å². The first kappa shape index (κ1) is 43.0. The number of sulfonamides is 1. The SMILES string of the molecule is CC(C)N(CCOc1ncc(Br)cc1N)C(=O)OC(C)(C)C.CC(C)N(CCOc1ncc(Br)cc1NS(C)(=O)=O)C(=O)OC(C)(C)C. The summed E-state index contributed by atoms with van der Waals surface area (Å²) in [4.78, 5) is 35.8. The van der Waals surface area contributed by atoms with Gasteiger partial charge in [0.1, 0.15) is 30.1 Å². The number of aromatic nitrogens is 2. The number of rotatable bonds is 12. The zero-order valence-corrected chi connectivity index (χ0v) is 33.6. The fraction of sp³-hybridized carbons (Fsp3) is 0.613. The number of nitrogens with zero attached hydrogens (tertiary/aromatic N) is 4. The Morgan fingerprint density at radius 3 is 1.58 bits per heavy atom. The zero-order valence-electron chi connectivity index (χ0n) is 29.6. The van der Waals surface area contributed by atoms with Crippen molar-refractivity contribution in [3.63, 3.8) is 0 Å². The number of anilines is 2. The molecule has 0 aliphatic heterocycles. The van der Waals surface area contributed by atoms with E-state index in [0.717, 1.165) is 10.7 Å². The Bertz CT molecular complexity index is 1460. The summed E-state index contributed by atoms with van der Waals surface area (Å²) in [6.07, 6.45) is 3.36. The van der Waals surface area contributed by atoms with Crippen LogP contribution in [0.25, 0.3) is 0 Å². The van der Waals surface area contributed by atoms with E-state index in [4.69, 9.17) is 24.7 Å². The van der Waals surface area contributed by atoms with Gasteiger partial charge in [-0.25, -0.2) is 28.0 Å². The predicted octanol–water partition coefficient (Wildman–Crippen LogP) is 6.69. The number of carbonyl (C=O) groups excluding carboxylic acids is 2. The van der Waals surface area contributed by atoms with E-state index in [-0.39, 0.29) is 49.5 Å². The first-order chi connectivity index (χ1) is 21.9. The minimum atomic E-state index is -3.48. The third kappa shape index (κ3) is 17.4. The van der Waals surface area contributed by atoms with Crippen LogP contribution in [0.15, 0.2) is 33.5 Å². The monoisotopic (exact) mass is 824 g/mol. The van der Waals surface area contributed by atoms with Crippen LogP contribution in [-0.2, 0) is 19.5 Å². The van der Waals surface area contributed by atoms with Gasteiger partial charge in [0.15, 0.2) is 0 Å². The van der Waals surface area contributed by atoms with Gasteiger partial charge in [0.2, 0.25) is 21.8 Å². The van der Waals surface area contributed by atoms with Gasteiger partial charge in [-0.3, -0.25) is 4.72 Å². The van der Waals surface area contributed by atoms with Gasteiger partial charge in [-0.15, -0.1) is 0 Å². The number of nitrogens with two attached hydrogens (primary N) is 1. The number of pyridine rings is 2. The van der Waals surface area contributed by atoms with Gasteiger partial charge in [-0.05, 0) is 113 Å². The van der Waals surface area contributed by atoms with Crippen LogP contribution in [-0.4, -0.2) is 96.2 Å². The van der Waals surface area contributed by atoms with Crippen LogP contribution in [0.4, 0.5) is 21.0 Å². The highest BCUT2D eigenvalue weighted by Gasteiger charge is 2.25. The van der Waals surface area contributed by atoms with Crippen molar-refractivity contribution in [1.29, 1.82) is 0 Å². The van der Waals surface area contributed by atoms with E-state index < -0.39 is 27.3 Å². The summed E-state index contributed by atoms with van der Waals surface area (Å²) in [5.74, 6) is 0.489. The second kappa shape index (κ2) is 18.6. The van der Waals surface area contributed by atoms with Gasteiger partial charge >= 0.3 is 12.2 Å². The average molecular weight is 827 g/mol. The third-order valence-corrected chi connectivity index (χ3v) is 7.06. The minimum absolute atomic E-state index is 0.00803. The van der Waals surface area contributed by atoms with Crippen LogP contribution in [0.1, 0.15) is 69.2 Å². The molecule has 14 nitrogen and oxygen atoms in total. The summed E-state index contributed by atoms with van der Waals surface area (Å²) in [6, 6.07) is 3.20. The van der Waals surface area contributed by atoms with Gasteiger partial charge < -0.3 is 34.5 Å². The van der Waals surface area contributed by atoms with Crippen LogP contribution >= 0.6 is 31.9 Å². The molecule has 48 heavy (non-hydrogen) atoms. The first-order valence-corrected chi connectivity index (χ1v) is 18.7. The lowest BCUT2D eigenvalue weighted by Crippen LogP contribution is -2.43. The second-order valence-corrected chi connectivity index (χ2v) is 16.7. The number of nitrogen functional groups attached to an aromatic ring is 1. The summed E-state index contributed by atoms with van der Waals surface area (Å²) in [5.41, 5.74) is 5.37. The van der Waals surface area contributed by atoms with E-state index in [2.05, 4.69) is 46.5 Å². The highest BCUT2D eigenvalue weighted by molar-refractivity contribution is 9.10. The highest BCUT2D eigenvalue weighted by atomic mass is 79.9. The zero-order chi connectivity index (χ0) is 37.0. The lowest BCUT2D eigenvalue weighted by Gasteiger charge is -2.30. The van der Waals surface area contributed by atoms with Gasteiger partial charge in [0.05, 0.1) is 25.0 Å². The van der Waals surface area contributed by atoms with Crippen molar-refractivity contribution < 1.29 is 37.0 Å². The standard InChI is InChI=1S/C16H26BrN3O5S.C15H24BrN3O3/c1-11(2)20(15(21)25-16(3,4)5)7-8-24-14-13(19-26(6,22)23)9-12(17)10-18-14;1-10(2)19(14(20)22-15(3,4)5)6-7-21-13-12(17)8-11(16)9-18-13/h9-11,19H,7-8H2,1-6H3;8-10H,6-7,17H2,1-5H3. The Hall–Kier alpha value is -3.05. The van der Waals surface area contributed by atoms with E-state index >= 15 is 0 Å². The van der Waals surface area contributed by atoms with Crippen molar-refractivity contribution in [1.82, 2.24) is 19.8 Å². The van der Waals surface area contributed by atoms with E-state index in [1.807, 2.05) is 48.5 Å². The smallest absolute Gasteiger partial charge is 0.410 e. The molecule has 17 heteroatoms. The summed E-state index contributed by atoms with van der Waals surface area (Å²) in [6.45, 7) is 19.6. The molecule has 0 spiro atoms. The van der Waals surface area contributed by atoms with Crippen LogP contribution in [0.5, 0.6) is 11.8 Å². The van der Waals surface area contributed by atoms with Crippen molar-refractivity contribution in [3.8, 4) is 11.8 Å². The summed E-state index contributed by atoms with van der Waals surface area (Å²) < 4.78 is 48.6. The van der Waals surface area contributed by atoms with E-state index in [9.17, 15) is 18.0 Å². The number of halogens is 2. The maximum atomic E-state index is 12.3. The topological polar surface area (TPSA) is 176 Å². The van der Waals surface area contributed by atoms with Crippen molar-refractivity contribution in [2.75, 3.05) is 43.0 Å². The minimum Gasteiger partial charge on any atom is -0.474 e. The van der Waals surface area contributed by atoms with Crippen molar-refractivity contribution >= 4 is 65.4 Å². The fourth-order valence-corrected chi connectivity index (χ4v) is 4.85. The number of hydrogen-bond acceptors (Lipinski definition) is 11. The number of carbonyl (C=O) groups is 2. The maximum Gasteiger partial charge on any atom is 0.410 e. The van der Waals surface area contributed by atoms with E-state index in [1.54, 1.807) is 44.0 Å². The Morgan fingerprint density at radius 2 is 1.21 bits per heavy atom. The van der Waals surface area contributed by atoms with Crippen LogP contribution in [0, 0.1) is 0 Å². The fourth-order valence-electron chi connectivity index (χ4n) is 3.62. The summed E-state index contributed by atoms with van der Waals surface area (Å²) in [5, 5.41) is 0. The molecule has 2 rings (SSSR count). The van der Waals surface area contributed by atoms with E-state index in [0.29, 0.717) is 22.6 Å². The molecule has 272 valence electrons. The van der Waals surface area contributed by atoms with Crippen molar-refractivity contribution in [2.45, 2.75) is 92.5 Å². The van der Waals surface area contributed by atoms with Gasteiger partial charge in [-0.1, -0.05) is 0 Å². The molecular formula is C31H50Br2N6O8S. The summed E-state index contributed by atoms with van der Waals surface area (Å²) in [7, 11) is -3.48. The Balaban J connectivity index is 0.000000487. The lowest BCUT2D eigenvalue weighted by molar-refractivity contribution is 0.0153. The molecule has 2 amide bonds. The number of ether oxygens (including phenoxy) is 4. The number of hydrogen-bond donors (Lipinski definition) is 2. The predicted molar refractivity (Wildman–Crippen MR) is 194 cm³/mol. The van der Waals surface area contributed by atoms with Crippen LogP contribution in [0.3, 0.4) is 0 Å². The Labute approximate surface area is 301 Å². The quantitative estimate of drug-likeness (QED) is 0.233. The van der Waals surface area contributed by atoms with Gasteiger partial charge in [0.25, 0.3) is 0 Å². The van der Waals surface area contributed by atoms with E-state index in [1.165, 1.54) is 11.1 Å². The molecule has 0 aliphatic rings. The Morgan fingerprint density at radius 1 is 0.812 bits per heavy atom. The van der Waals surface area contributed by atoms with Gasteiger partial charge in [-0.2, -0.15) is 0 Å². The molecule has 0 unspecified atom stereocenters. The lowest BCUT2D eigenvalue weighted by atomic mass is 10.2. The molecule has 0 bridgehead atoms. The third-order valence-electron chi connectivity index (χ3n) is 5.60. The molecule has 2 aromatic rings. The normalized spacial score (nSPS) is 11.7. The largest absolute Gasteiger partial charge is 0.474 e. The molecular weight excluding hydrogens is 776 g/mol. The van der Waals surface area contributed by atoms with Gasteiger partial charge in [0, 0.05) is 33.4 Å². The molecule has 0 atom stereocenters. The molecule has 0 aromatic carbocycles. The molecule has 0 saturated heterocycles. The van der Waals surface area contributed by atoms with Crippen molar-refractivity contribution in [2.24, 2.45) is 0 Å². The first-order valence-electron chi connectivity index (χ1n) is 15.2. The summed E-state index contributed by atoms with van der Waals surface area (Å²) >= 11 is 6.53. The molecule has 3 N–H and O–H groups in total. The Kier molecular flexibility index (Phi) is 16.7. The molecule has 2 heterocycles. The van der Waals surface area contributed by atoms with Crippen LogP contribution in [0.2, 0.25) is 0 Å². The molecule has 0 saturated carbocycles. The number of amides is 2. The average Bonchev–Trinajstić information content (AvgIpc) is 2.88. The molecule has 0 aliphatic carbocycles. The second-order valence-electron chi connectivity index (χ2n) is 13.2. The van der Waals surface area contributed by atoms with Crippen LogP contribution < -0.4 is 19.9 Å². The molecule has 2 aromatic heterocycles. The number of nitrogens with one attached hydrogen (secondary N) is 1. The maximum absolute atomic E-state index is 12.3. The molecule has 0 radical (unpaired) electrons.